The molecule has 0 aromatic heterocycles. The zero-order chi connectivity index (χ0) is 11.5. The fourth-order valence-electron chi connectivity index (χ4n) is 2.04. The lowest BCUT2D eigenvalue weighted by atomic mass is 10.0. The molecule has 1 heterocycles. The molecule has 2 rings (SSSR count). The second kappa shape index (κ2) is 5.37. The number of halogens is 2. The van der Waals surface area contributed by atoms with Crippen LogP contribution in [0.5, 0.6) is 0 Å². The molecule has 1 fully saturated rings. The molecule has 0 aliphatic carbocycles. The van der Waals surface area contributed by atoms with Gasteiger partial charge in [-0.2, -0.15) is 0 Å². The summed E-state index contributed by atoms with van der Waals surface area (Å²) in [6, 6.07) is 6.17. The molecule has 1 aromatic carbocycles. The van der Waals surface area contributed by atoms with Gasteiger partial charge in [0.15, 0.2) is 0 Å². The Bertz CT molecular complexity index is 368. The predicted molar refractivity (Wildman–Crippen MR) is 69.5 cm³/mol. The first-order chi connectivity index (χ1) is 7.66. The number of benzene rings is 1. The molecule has 1 saturated heterocycles. The summed E-state index contributed by atoms with van der Waals surface area (Å²) in [6.45, 7) is 3.17. The molecule has 0 spiro atoms. The van der Waals surface area contributed by atoms with Gasteiger partial charge in [-0.25, -0.2) is 0 Å². The highest BCUT2D eigenvalue weighted by Gasteiger charge is 2.19. The van der Waals surface area contributed by atoms with Gasteiger partial charge >= 0.3 is 0 Å². The largest absolute Gasteiger partial charge is 0.314 e. The third kappa shape index (κ3) is 2.89. The van der Waals surface area contributed by atoms with Crippen LogP contribution < -0.4 is 5.32 Å². The standard InChI is InChI=1S/C12H16Cl2N2/c1-16-5-4-15-8-11(16)7-9-6-10(13)2-3-12(9)14/h2-3,6,11,15H,4-5,7-8H2,1H3. The highest BCUT2D eigenvalue weighted by molar-refractivity contribution is 6.33. The molecule has 1 aliphatic heterocycles. The molecule has 1 N–H and O–H groups in total. The first kappa shape index (κ1) is 12.2. The van der Waals surface area contributed by atoms with Crippen molar-refractivity contribution in [2.75, 3.05) is 26.7 Å². The van der Waals surface area contributed by atoms with Crippen LogP contribution in [0.3, 0.4) is 0 Å². The van der Waals surface area contributed by atoms with Crippen LogP contribution in [0, 0.1) is 0 Å². The Morgan fingerprint density at radius 3 is 3.00 bits per heavy atom. The van der Waals surface area contributed by atoms with E-state index in [1.165, 1.54) is 0 Å². The van der Waals surface area contributed by atoms with Gasteiger partial charge in [-0.3, -0.25) is 0 Å². The van der Waals surface area contributed by atoms with E-state index in [0.29, 0.717) is 6.04 Å². The van der Waals surface area contributed by atoms with Crippen LogP contribution in [-0.2, 0) is 6.42 Å². The second-order valence-electron chi connectivity index (χ2n) is 4.28. The van der Waals surface area contributed by atoms with Crippen molar-refractivity contribution in [3.05, 3.63) is 33.8 Å². The van der Waals surface area contributed by atoms with Gasteiger partial charge in [0.25, 0.3) is 0 Å². The van der Waals surface area contributed by atoms with E-state index in [2.05, 4.69) is 17.3 Å². The third-order valence-corrected chi connectivity index (χ3v) is 3.71. The Morgan fingerprint density at radius 1 is 1.44 bits per heavy atom. The van der Waals surface area contributed by atoms with Crippen molar-refractivity contribution in [3.8, 4) is 0 Å². The smallest absolute Gasteiger partial charge is 0.0439 e. The molecule has 1 unspecified atom stereocenters. The lowest BCUT2D eigenvalue weighted by Crippen LogP contribution is -2.50. The number of rotatable bonds is 2. The van der Waals surface area contributed by atoms with Crippen molar-refractivity contribution in [2.24, 2.45) is 0 Å². The molecule has 16 heavy (non-hydrogen) atoms. The predicted octanol–water partition coefficient (Wildman–Crippen LogP) is 2.44. The summed E-state index contributed by atoms with van der Waals surface area (Å²) in [4.78, 5) is 2.37. The zero-order valence-corrected chi connectivity index (χ0v) is 10.9. The Hall–Kier alpha value is -0.280. The summed E-state index contributed by atoms with van der Waals surface area (Å²) in [7, 11) is 2.16. The van der Waals surface area contributed by atoms with Crippen molar-refractivity contribution in [1.82, 2.24) is 10.2 Å². The Labute approximate surface area is 107 Å². The monoisotopic (exact) mass is 258 g/mol. The van der Waals surface area contributed by atoms with Gasteiger partial charge in [-0.05, 0) is 37.2 Å². The minimum absolute atomic E-state index is 0.504. The summed E-state index contributed by atoms with van der Waals surface area (Å²) in [5.74, 6) is 0. The van der Waals surface area contributed by atoms with Crippen LogP contribution in [0.2, 0.25) is 10.0 Å². The van der Waals surface area contributed by atoms with E-state index in [1.54, 1.807) is 0 Å². The molecule has 2 nitrogen and oxygen atoms in total. The average molecular weight is 259 g/mol. The van der Waals surface area contributed by atoms with E-state index in [-0.39, 0.29) is 0 Å². The normalized spacial score (nSPS) is 22.3. The van der Waals surface area contributed by atoms with Gasteiger partial charge in [0, 0.05) is 35.7 Å². The number of nitrogens with one attached hydrogen (secondary N) is 1. The van der Waals surface area contributed by atoms with Crippen molar-refractivity contribution in [3.63, 3.8) is 0 Å². The highest BCUT2D eigenvalue weighted by Crippen LogP contribution is 2.23. The van der Waals surface area contributed by atoms with Gasteiger partial charge in [-0.1, -0.05) is 23.2 Å². The van der Waals surface area contributed by atoms with Gasteiger partial charge in [0.2, 0.25) is 0 Å². The molecule has 0 saturated carbocycles. The number of likely N-dealkylation sites (N-methyl/N-ethyl adjacent to an activating group) is 1. The Balaban J connectivity index is 2.10. The van der Waals surface area contributed by atoms with Gasteiger partial charge in [0.05, 0.1) is 0 Å². The molecule has 1 atom stereocenters. The molecule has 0 bridgehead atoms. The van der Waals surface area contributed by atoms with Crippen molar-refractivity contribution in [2.45, 2.75) is 12.5 Å². The van der Waals surface area contributed by atoms with Crippen LogP contribution in [0.4, 0.5) is 0 Å². The molecule has 1 aromatic rings. The quantitative estimate of drug-likeness (QED) is 0.877. The van der Waals surface area contributed by atoms with Crippen molar-refractivity contribution in [1.29, 1.82) is 0 Å². The SMILES string of the molecule is CN1CCNCC1Cc1cc(Cl)ccc1Cl. The van der Waals surface area contributed by atoms with Gasteiger partial charge in [-0.15, -0.1) is 0 Å². The molecule has 1 aliphatic rings. The fourth-order valence-corrected chi connectivity index (χ4v) is 2.43. The van der Waals surface area contributed by atoms with Gasteiger partial charge < -0.3 is 10.2 Å². The molecule has 0 radical (unpaired) electrons. The number of piperazine rings is 1. The first-order valence-corrected chi connectivity index (χ1v) is 6.27. The maximum absolute atomic E-state index is 6.17. The van der Waals surface area contributed by atoms with E-state index in [4.69, 9.17) is 23.2 Å². The van der Waals surface area contributed by atoms with Crippen molar-refractivity contribution >= 4 is 23.2 Å². The molecular weight excluding hydrogens is 243 g/mol. The summed E-state index contributed by atoms with van der Waals surface area (Å²) in [5.41, 5.74) is 1.13. The summed E-state index contributed by atoms with van der Waals surface area (Å²) >= 11 is 12.1. The summed E-state index contributed by atoms with van der Waals surface area (Å²) < 4.78 is 0. The Morgan fingerprint density at radius 2 is 2.25 bits per heavy atom. The van der Waals surface area contributed by atoms with E-state index < -0.39 is 0 Å². The minimum atomic E-state index is 0.504. The maximum Gasteiger partial charge on any atom is 0.0439 e. The maximum atomic E-state index is 6.17. The first-order valence-electron chi connectivity index (χ1n) is 5.51. The summed E-state index contributed by atoms with van der Waals surface area (Å²) in [6.07, 6.45) is 0.947. The molecule has 0 amide bonds. The topological polar surface area (TPSA) is 15.3 Å². The van der Waals surface area contributed by atoms with Crippen LogP contribution >= 0.6 is 23.2 Å². The Kier molecular flexibility index (Phi) is 4.09. The van der Waals surface area contributed by atoms with Crippen molar-refractivity contribution < 1.29 is 0 Å². The molecule has 4 heteroatoms. The number of nitrogens with zero attached hydrogens (tertiary/aromatic N) is 1. The zero-order valence-electron chi connectivity index (χ0n) is 9.34. The van der Waals surface area contributed by atoms with Crippen LogP contribution in [0.1, 0.15) is 5.56 Å². The second-order valence-corrected chi connectivity index (χ2v) is 5.12. The van der Waals surface area contributed by atoms with E-state index in [9.17, 15) is 0 Å². The minimum Gasteiger partial charge on any atom is -0.314 e. The molecule has 88 valence electrons. The van der Waals surface area contributed by atoms with Crippen LogP contribution in [0.15, 0.2) is 18.2 Å². The average Bonchev–Trinajstić information content (AvgIpc) is 2.27. The van der Waals surface area contributed by atoms with Crippen LogP contribution in [-0.4, -0.2) is 37.6 Å². The molecular formula is C12H16Cl2N2. The summed E-state index contributed by atoms with van der Waals surface area (Å²) in [5, 5.41) is 4.97. The number of hydrogen-bond donors (Lipinski definition) is 1. The van der Waals surface area contributed by atoms with E-state index in [0.717, 1.165) is 41.7 Å². The van der Waals surface area contributed by atoms with E-state index in [1.807, 2.05) is 18.2 Å². The fraction of sp³-hybridized carbons (Fsp3) is 0.500. The number of hydrogen-bond acceptors (Lipinski definition) is 2. The lowest BCUT2D eigenvalue weighted by Gasteiger charge is -2.33. The van der Waals surface area contributed by atoms with Gasteiger partial charge in [0.1, 0.15) is 0 Å². The lowest BCUT2D eigenvalue weighted by molar-refractivity contribution is 0.199. The van der Waals surface area contributed by atoms with Crippen LogP contribution in [0.25, 0.3) is 0 Å². The highest BCUT2D eigenvalue weighted by atomic mass is 35.5. The van der Waals surface area contributed by atoms with E-state index >= 15 is 0 Å². The third-order valence-electron chi connectivity index (χ3n) is 3.11.